The van der Waals surface area contributed by atoms with E-state index in [1.165, 1.54) is 36.0 Å². The van der Waals surface area contributed by atoms with Gasteiger partial charge >= 0.3 is 6.03 Å². The molecule has 11 heteroatoms. The van der Waals surface area contributed by atoms with E-state index in [1.54, 1.807) is 48.7 Å². The van der Waals surface area contributed by atoms with E-state index in [-0.39, 0.29) is 17.2 Å². The second kappa shape index (κ2) is 11.4. The highest BCUT2D eigenvalue weighted by atomic mass is 32.2. The molecule has 34 heavy (non-hydrogen) atoms. The number of nitrogens with one attached hydrogen (secondary N) is 3. The van der Waals surface area contributed by atoms with E-state index in [9.17, 15) is 24.5 Å². The first-order valence-corrected chi connectivity index (χ1v) is 10.7. The van der Waals surface area contributed by atoms with Crippen molar-refractivity contribution >= 4 is 41.0 Å². The van der Waals surface area contributed by atoms with Crippen LogP contribution in [0.4, 0.5) is 16.2 Å². The number of rotatable bonds is 8. The molecule has 1 heterocycles. The molecule has 4 amide bonds. The number of hydrogen-bond donors (Lipinski definition) is 3. The number of imide groups is 1. The summed E-state index contributed by atoms with van der Waals surface area (Å²) >= 11 is 1.40. The molecule has 0 aliphatic rings. The molecule has 0 atom stereocenters. The van der Waals surface area contributed by atoms with Gasteiger partial charge in [0.15, 0.2) is 0 Å². The Hall–Kier alpha value is -4.51. The highest BCUT2D eigenvalue weighted by Crippen LogP contribution is 2.28. The van der Waals surface area contributed by atoms with Gasteiger partial charge in [-0.05, 0) is 42.5 Å². The standard InChI is InChI=1S/C23H19N5O5S/c1-2-12-25-22(30)19-14-17(11-13-24-19)34-16-9-7-15(8-10-16)26-23(31)27-21(29)18-5-3-4-6-20(18)28(32)33/h2-11,13-14H,1,12H2,(H,25,30)(H2,26,27,29,31). The smallest absolute Gasteiger partial charge is 0.326 e. The summed E-state index contributed by atoms with van der Waals surface area (Å²) in [4.78, 5) is 52.5. The summed E-state index contributed by atoms with van der Waals surface area (Å²) in [6.45, 7) is 3.89. The van der Waals surface area contributed by atoms with Gasteiger partial charge in [0, 0.05) is 34.3 Å². The maximum atomic E-state index is 12.2. The van der Waals surface area contributed by atoms with Crippen LogP contribution in [0.3, 0.4) is 0 Å². The Bertz CT molecular complexity index is 1250. The van der Waals surface area contributed by atoms with Gasteiger partial charge in [0.05, 0.1) is 4.92 Å². The predicted octanol–water partition coefficient (Wildman–Crippen LogP) is 4.02. The van der Waals surface area contributed by atoms with Gasteiger partial charge < -0.3 is 10.6 Å². The lowest BCUT2D eigenvalue weighted by Gasteiger charge is -2.08. The zero-order chi connectivity index (χ0) is 24.5. The molecule has 172 valence electrons. The maximum Gasteiger partial charge on any atom is 0.326 e. The number of nitro groups is 1. The van der Waals surface area contributed by atoms with E-state index >= 15 is 0 Å². The number of pyridine rings is 1. The van der Waals surface area contributed by atoms with Crippen LogP contribution in [0.25, 0.3) is 0 Å². The van der Waals surface area contributed by atoms with Crippen molar-refractivity contribution < 1.29 is 19.3 Å². The van der Waals surface area contributed by atoms with Crippen LogP contribution in [0.2, 0.25) is 0 Å². The first kappa shape index (κ1) is 24.1. The summed E-state index contributed by atoms with van der Waals surface area (Å²) in [5.74, 6) is -1.19. The maximum absolute atomic E-state index is 12.2. The third kappa shape index (κ3) is 6.50. The van der Waals surface area contributed by atoms with Crippen molar-refractivity contribution in [2.75, 3.05) is 11.9 Å². The number of hydrogen-bond acceptors (Lipinski definition) is 7. The van der Waals surface area contributed by atoms with Crippen molar-refractivity contribution in [2.24, 2.45) is 0 Å². The Morgan fingerprint density at radius 3 is 2.47 bits per heavy atom. The van der Waals surface area contributed by atoms with Crippen LogP contribution < -0.4 is 16.0 Å². The van der Waals surface area contributed by atoms with E-state index in [4.69, 9.17) is 0 Å². The van der Waals surface area contributed by atoms with Crippen molar-refractivity contribution in [3.8, 4) is 0 Å². The highest BCUT2D eigenvalue weighted by Gasteiger charge is 2.20. The van der Waals surface area contributed by atoms with Crippen molar-refractivity contribution in [3.05, 3.63) is 101 Å². The quantitative estimate of drug-likeness (QED) is 0.253. The van der Waals surface area contributed by atoms with Crippen LogP contribution in [-0.4, -0.2) is 34.3 Å². The molecule has 0 saturated carbocycles. The number of nitro benzene ring substituents is 1. The van der Waals surface area contributed by atoms with Gasteiger partial charge in [-0.2, -0.15) is 0 Å². The Morgan fingerprint density at radius 2 is 1.76 bits per heavy atom. The molecule has 3 aromatic rings. The molecule has 10 nitrogen and oxygen atoms in total. The van der Waals surface area contributed by atoms with Crippen LogP contribution >= 0.6 is 11.8 Å². The number of benzene rings is 2. The van der Waals surface area contributed by atoms with Crippen LogP contribution in [-0.2, 0) is 0 Å². The van der Waals surface area contributed by atoms with Crippen LogP contribution in [0.15, 0.2) is 89.3 Å². The fourth-order valence-electron chi connectivity index (χ4n) is 2.75. The van der Waals surface area contributed by atoms with Crippen molar-refractivity contribution in [1.29, 1.82) is 0 Å². The molecular weight excluding hydrogens is 458 g/mol. The minimum atomic E-state index is -0.886. The Morgan fingerprint density at radius 1 is 1.03 bits per heavy atom. The summed E-state index contributed by atoms with van der Waals surface area (Å²) in [6, 6.07) is 14.7. The molecule has 0 aliphatic carbocycles. The van der Waals surface area contributed by atoms with E-state index in [0.29, 0.717) is 12.2 Å². The predicted molar refractivity (Wildman–Crippen MR) is 127 cm³/mol. The van der Waals surface area contributed by atoms with Gasteiger partial charge in [-0.15, -0.1) is 6.58 Å². The summed E-state index contributed by atoms with van der Waals surface area (Å²) in [6.07, 6.45) is 3.12. The lowest BCUT2D eigenvalue weighted by atomic mass is 10.1. The van der Waals surface area contributed by atoms with Gasteiger partial charge in [0.2, 0.25) is 0 Å². The molecular formula is C23H19N5O5S. The first-order chi connectivity index (χ1) is 16.4. The SMILES string of the molecule is C=CCNC(=O)c1cc(Sc2ccc(NC(=O)NC(=O)c3ccccc3[N+](=O)[O-])cc2)ccn1. The summed E-state index contributed by atoms with van der Waals surface area (Å²) < 4.78 is 0. The van der Waals surface area contributed by atoms with E-state index in [1.807, 2.05) is 0 Å². The molecule has 0 saturated heterocycles. The number of aromatic nitrogens is 1. The lowest BCUT2D eigenvalue weighted by Crippen LogP contribution is -2.34. The topological polar surface area (TPSA) is 143 Å². The van der Waals surface area contributed by atoms with Gasteiger partial charge in [-0.3, -0.25) is 30.0 Å². The van der Waals surface area contributed by atoms with Gasteiger partial charge in [0.25, 0.3) is 17.5 Å². The molecule has 0 bridgehead atoms. The molecule has 1 aromatic heterocycles. The largest absolute Gasteiger partial charge is 0.347 e. The minimum Gasteiger partial charge on any atom is -0.347 e. The molecule has 0 unspecified atom stereocenters. The van der Waals surface area contributed by atoms with Crippen LogP contribution in [0.5, 0.6) is 0 Å². The number of nitrogens with zero attached hydrogens (tertiary/aromatic N) is 2. The molecule has 3 N–H and O–H groups in total. The zero-order valence-corrected chi connectivity index (χ0v) is 18.5. The van der Waals surface area contributed by atoms with Crippen molar-refractivity contribution in [2.45, 2.75) is 9.79 Å². The fourth-order valence-corrected chi connectivity index (χ4v) is 3.60. The molecule has 3 rings (SSSR count). The normalized spacial score (nSPS) is 10.1. The average molecular weight is 478 g/mol. The molecule has 0 aliphatic heterocycles. The van der Waals surface area contributed by atoms with Gasteiger partial charge in [-0.25, -0.2) is 4.79 Å². The number of carbonyl (C=O) groups excluding carboxylic acids is 3. The van der Waals surface area contributed by atoms with Gasteiger partial charge in [0.1, 0.15) is 11.3 Å². The Labute approximate surface area is 198 Å². The summed E-state index contributed by atoms with van der Waals surface area (Å²) in [7, 11) is 0. The van der Waals surface area contributed by atoms with Crippen molar-refractivity contribution in [3.63, 3.8) is 0 Å². The minimum absolute atomic E-state index is 0.218. The Kier molecular flexibility index (Phi) is 8.08. The molecule has 2 aromatic carbocycles. The molecule has 0 spiro atoms. The third-order valence-corrected chi connectivity index (χ3v) is 5.29. The average Bonchev–Trinajstić information content (AvgIpc) is 2.83. The van der Waals surface area contributed by atoms with Crippen LogP contribution in [0, 0.1) is 10.1 Å². The van der Waals surface area contributed by atoms with E-state index in [0.717, 1.165) is 9.79 Å². The zero-order valence-electron chi connectivity index (χ0n) is 17.7. The number of para-hydroxylation sites is 1. The second-order valence-electron chi connectivity index (χ2n) is 6.68. The Balaban J connectivity index is 1.59. The number of carbonyl (C=O) groups is 3. The summed E-state index contributed by atoms with van der Waals surface area (Å²) in [5, 5.41) is 18.3. The monoisotopic (exact) mass is 477 g/mol. The second-order valence-corrected chi connectivity index (χ2v) is 7.83. The first-order valence-electron chi connectivity index (χ1n) is 9.86. The highest BCUT2D eigenvalue weighted by molar-refractivity contribution is 7.99. The fraction of sp³-hybridized carbons (Fsp3) is 0.0435. The third-order valence-electron chi connectivity index (χ3n) is 4.29. The molecule has 0 fully saturated rings. The lowest BCUT2D eigenvalue weighted by molar-refractivity contribution is -0.385. The summed E-state index contributed by atoms with van der Waals surface area (Å²) in [5.41, 5.74) is 0.0810. The van der Waals surface area contributed by atoms with E-state index in [2.05, 4.69) is 27.5 Å². The number of amides is 4. The van der Waals surface area contributed by atoms with Gasteiger partial charge in [-0.1, -0.05) is 30.0 Å². The molecule has 0 radical (unpaired) electrons. The number of anilines is 1. The van der Waals surface area contributed by atoms with E-state index < -0.39 is 22.5 Å². The number of urea groups is 1. The van der Waals surface area contributed by atoms with Crippen molar-refractivity contribution in [1.82, 2.24) is 15.6 Å². The van der Waals surface area contributed by atoms with Crippen LogP contribution in [0.1, 0.15) is 20.8 Å².